The topological polar surface area (TPSA) is 86.4 Å². The fourth-order valence-corrected chi connectivity index (χ4v) is 5.54. The van der Waals surface area contributed by atoms with Gasteiger partial charge >= 0.3 is 6.18 Å². The van der Waals surface area contributed by atoms with Crippen LogP contribution >= 0.6 is 22.9 Å². The SMILES string of the molecule is CNC1CCN(c2cc(C(F)(F)F)ccc2Nc2ccc(S(=O)(=O)Nc3cscn3)cc2Cl)C1. The average molecular weight is 532 g/mol. The van der Waals surface area contributed by atoms with Crippen LogP contribution in [0.3, 0.4) is 0 Å². The molecule has 0 radical (unpaired) electrons. The standard InChI is InChI=1S/C21H21ClF3N5O2S2/c1-26-14-6-7-30(10-14)19-8-13(21(23,24)25)2-4-18(19)28-17-5-3-15(9-16(17)22)34(31,32)29-20-11-33-12-27-20/h2-5,8-9,11-12,14,26,28-29H,6-7,10H2,1H3. The molecule has 0 spiro atoms. The third-order valence-electron chi connectivity index (χ3n) is 5.45. The van der Waals surface area contributed by atoms with E-state index >= 15 is 0 Å². The fraction of sp³-hybridized carbons (Fsp3) is 0.286. The summed E-state index contributed by atoms with van der Waals surface area (Å²) < 4.78 is 67.7. The highest BCUT2D eigenvalue weighted by Gasteiger charge is 2.33. The molecule has 13 heteroatoms. The average Bonchev–Trinajstić information content (AvgIpc) is 3.46. The number of halogens is 4. The molecule has 1 aliphatic rings. The number of likely N-dealkylation sites (N-methyl/N-ethyl adjacent to an activating group) is 1. The van der Waals surface area contributed by atoms with Crippen LogP contribution in [0.2, 0.25) is 5.02 Å². The monoisotopic (exact) mass is 531 g/mol. The molecular formula is C21H21ClF3N5O2S2. The Balaban J connectivity index is 1.63. The van der Waals surface area contributed by atoms with Gasteiger partial charge in [-0.05, 0) is 49.9 Å². The summed E-state index contributed by atoms with van der Waals surface area (Å²) in [4.78, 5) is 5.71. The summed E-state index contributed by atoms with van der Waals surface area (Å²) in [5.74, 6) is 0.197. The highest BCUT2D eigenvalue weighted by molar-refractivity contribution is 7.92. The molecule has 0 amide bonds. The number of hydrogen-bond donors (Lipinski definition) is 3. The Labute approximate surface area is 204 Å². The van der Waals surface area contributed by atoms with Crippen LogP contribution in [0.25, 0.3) is 0 Å². The number of benzene rings is 2. The van der Waals surface area contributed by atoms with E-state index in [0.717, 1.165) is 18.6 Å². The molecule has 2 aromatic carbocycles. The zero-order chi connectivity index (χ0) is 24.5. The quantitative estimate of drug-likeness (QED) is 0.390. The largest absolute Gasteiger partial charge is 0.416 e. The number of sulfonamides is 1. The van der Waals surface area contributed by atoms with Crippen LogP contribution < -0.4 is 20.3 Å². The van der Waals surface area contributed by atoms with Crippen LogP contribution in [-0.4, -0.2) is 39.6 Å². The summed E-state index contributed by atoms with van der Waals surface area (Å²) in [6, 6.07) is 7.75. The molecule has 1 unspecified atom stereocenters. The lowest BCUT2D eigenvalue weighted by Gasteiger charge is -2.24. The highest BCUT2D eigenvalue weighted by Crippen LogP contribution is 2.39. The van der Waals surface area contributed by atoms with Crippen LogP contribution in [0.5, 0.6) is 0 Å². The number of aromatic nitrogens is 1. The first kappa shape index (κ1) is 24.6. The Morgan fingerprint density at radius 3 is 2.56 bits per heavy atom. The van der Waals surface area contributed by atoms with Gasteiger partial charge in [-0.25, -0.2) is 13.4 Å². The maximum atomic E-state index is 13.4. The number of thiazole rings is 1. The van der Waals surface area contributed by atoms with Gasteiger partial charge in [-0.3, -0.25) is 4.72 Å². The van der Waals surface area contributed by atoms with Crippen LogP contribution in [0.4, 0.5) is 36.1 Å². The van der Waals surface area contributed by atoms with Gasteiger partial charge in [0.2, 0.25) is 0 Å². The van der Waals surface area contributed by atoms with Gasteiger partial charge in [0.25, 0.3) is 10.0 Å². The Bertz CT molecular complexity index is 1270. The van der Waals surface area contributed by atoms with Crippen molar-refractivity contribution in [2.75, 3.05) is 35.1 Å². The molecule has 1 aliphatic heterocycles. The summed E-state index contributed by atoms with van der Waals surface area (Å²) >= 11 is 7.60. The van der Waals surface area contributed by atoms with E-state index in [1.807, 2.05) is 11.9 Å². The minimum Gasteiger partial charge on any atom is -0.368 e. The van der Waals surface area contributed by atoms with E-state index in [1.165, 1.54) is 41.1 Å². The molecule has 0 bridgehead atoms. The maximum Gasteiger partial charge on any atom is 0.416 e. The third-order valence-corrected chi connectivity index (χ3v) is 7.71. The molecule has 1 aromatic heterocycles. The fourth-order valence-electron chi connectivity index (χ4n) is 3.66. The number of rotatable bonds is 7. The van der Waals surface area contributed by atoms with E-state index in [9.17, 15) is 21.6 Å². The van der Waals surface area contributed by atoms with Gasteiger partial charge in [0.15, 0.2) is 5.82 Å². The van der Waals surface area contributed by atoms with Gasteiger partial charge in [-0.2, -0.15) is 13.2 Å². The second-order valence-electron chi connectivity index (χ2n) is 7.70. The van der Waals surface area contributed by atoms with Crippen molar-refractivity contribution in [2.45, 2.75) is 23.5 Å². The van der Waals surface area contributed by atoms with Crippen LogP contribution in [0.1, 0.15) is 12.0 Å². The lowest BCUT2D eigenvalue weighted by atomic mass is 10.1. The maximum absolute atomic E-state index is 13.4. The minimum atomic E-state index is -4.48. The zero-order valence-corrected chi connectivity index (χ0v) is 20.2. The highest BCUT2D eigenvalue weighted by atomic mass is 35.5. The van der Waals surface area contributed by atoms with Gasteiger partial charge in [0.05, 0.1) is 38.1 Å². The zero-order valence-electron chi connectivity index (χ0n) is 17.9. The van der Waals surface area contributed by atoms with Crippen molar-refractivity contribution in [1.82, 2.24) is 10.3 Å². The second kappa shape index (κ2) is 9.61. The molecule has 7 nitrogen and oxygen atoms in total. The van der Waals surface area contributed by atoms with E-state index in [-0.39, 0.29) is 21.8 Å². The van der Waals surface area contributed by atoms with Crippen LogP contribution in [-0.2, 0) is 16.2 Å². The van der Waals surface area contributed by atoms with E-state index in [1.54, 1.807) is 5.38 Å². The molecule has 0 saturated carbocycles. The number of nitrogens with zero attached hydrogens (tertiary/aromatic N) is 2. The summed E-state index contributed by atoms with van der Waals surface area (Å²) in [6.45, 7) is 1.15. The summed E-state index contributed by atoms with van der Waals surface area (Å²) in [5.41, 5.74) is 1.94. The lowest BCUT2D eigenvalue weighted by Crippen LogP contribution is -2.29. The van der Waals surface area contributed by atoms with Crippen molar-refractivity contribution in [3.8, 4) is 0 Å². The molecule has 4 rings (SSSR count). The van der Waals surface area contributed by atoms with Crippen molar-refractivity contribution in [2.24, 2.45) is 0 Å². The van der Waals surface area contributed by atoms with E-state index in [0.29, 0.717) is 30.2 Å². The number of hydrogen-bond acceptors (Lipinski definition) is 7. The lowest BCUT2D eigenvalue weighted by molar-refractivity contribution is -0.137. The first-order chi connectivity index (χ1) is 16.1. The minimum absolute atomic E-state index is 0.0694. The van der Waals surface area contributed by atoms with Gasteiger partial charge in [-0.15, -0.1) is 11.3 Å². The normalized spacial score (nSPS) is 16.6. The van der Waals surface area contributed by atoms with E-state index in [4.69, 9.17) is 11.6 Å². The Morgan fingerprint density at radius 1 is 1.18 bits per heavy atom. The molecule has 1 atom stereocenters. The van der Waals surface area contributed by atoms with Crippen LogP contribution in [0.15, 0.2) is 52.2 Å². The summed E-state index contributed by atoms with van der Waals surface area (Å²) in [5, 5.41) is 7.87. The van der Waals surface area contributed by atoms with Gasteiger partial charge in [0.1, 0.15) is 0 Å². The molecule has 1 fully saturated rings. The summed E-state index contributed by atoms with van der Waals surface area (Å²) in [6.07, 6.45) is -3.68. The predicted octanol–water partition coefficient (Wildman–Crippen LogP) is 5.16. The molecule has 3 N–H and O–H groups in total. The first-order valence-electron chi connectivity index (χ1n) is 10.2. The summed E-state index contributed by atoms with van der Waals surface area (Å²) in [7, 11) is -2.09. The van der Waals surface area contributed by atoms with E-state index in [2.05, 4.69) is 20.3 Å². The third kappa shape index (κ3) is 5.40. The van der Waals surface area contributed by atoms with Crippen molar-refractivity contribution >= 4 is 55.8 Å². The van der Waals surface area contributed by atoms with Crippen molar-refractivity contribution in [3.63, 3.8) is 0 Å². The Morgan fingerprint density at radius 2 is 1.94 bits per heavy atom. The molecule has 0 aliphatic carbocycles. The molecular weight excluding hydrogens is 511 g/mol. The van der Waals surface area contributed by atoms with Crippen molar-refractivity contribution in [1.29, 1.82) is 0 Å². The second-order valence-corrected chi connectivity index (χ2v) is 10.5. The molecule has 3 aromatic rings. The molecule has 34 heavy (non-hydrogen) atoms. The molecule has 1 saturated heterocycles. The number of alkyl halides is 3. The number of anilines is 4. The van der Waals surface area contributed by atoms with E-state index < -0.39 is 21.8 Å². The van der Waals surface area contributed by atoms with Crippen molar-refractivity contribution in [3.05, 3.63) is 57.9 Å². The first-order valence-corrected chi connectivity index (χ1v) is 13.0. The van der Waals surface area contributed by atoms with Gasteiger partial charge < -0.3 is 15.5 Å². The smallest absolute Gasteiger partial charge is 0.368 e. The predicted molar refractivity (Wildman–Crippen MR) is 129 cm³/mol. The molecule has 2 heterocycles. The number of nitrogens with one attached hydrogen (secondary N) is 3. The van der Waals surface area contributed by atoms with Gasteiger partial charge in [0, 0.05) is 24.5 Å². The Kier molecular flexibility index (Phi) is 6.94. The molecule has 182 valence electrons. The Hall–Kier alpha value is -2.54. The van der Waals surface area contributed by atoms with Gasteiger partial charge in [-0.1, -0.05) is 11.6 Å². The van der Waals surface area contributed by atoms with Crippen LogP contribution in [0, 0.1) is 0 Å². The van der Waals surface area contributed by atoms with Crippen molar-refractivity contribution < 1.29 is 21.6 Å².